The average Bonchev–Trinajstić information content (AvgIpc) is 2.72. The Hall–Kier alpha value is -1.68. The monoisotopic (exact) mass is 301 g/mol. The van der Waals surface area contributed by atoms with Crippen LogP contribution in [0.25, 0.3) is 22.4 Å². The highest BCUT2D eigenvalue weighted by Gasteiger charge is 2.10. The first-order chi connectivity index (χ1) is 8.65. The molecule has 0 radical (unpaired) electrons. The highest BCUT2D eigenvalue weighted by atomic mass is 79.9. The van der Waals surface area contributed by atoms with E-state index in [1.54, 1.807) is 0 Å². The van der Waals surface area contributed by atoms with Gasteiger partial charge in [-0.25, -0.2) is 9.97 Å². The van der Waals surface area contributed by atoms with Gasteiger partial charge in [0.15, 0.2) is 5.82 Å². The molecule has 90 valence electrons. The minimum absolute atomic E-state index is 0.759. The number of benzene rings is 1. The normalized spacial score (nSPS) is 11.1. The molecule has 0 fully saturated rings. The van der Waals surface area contributed by atoms with E-state index in [4.69, 9.17) is 0 Å². The van der Waals surface area contributed by atoms with E-state index in [-0.39, 0.29) is 0 Å². The molecule has 0 aliphatic heterocycles. The predicted molar refractivity (Wildman–Crippen MR) is 76.5 cm³/mol. The van der Waals surface area contributed by atoms with E-state index in [0.29, 0.717) is 0 Å². The minimum atomic E-state index is 0.759. The van der Waals surface area contributed by atoms with Gasteiger partial charge in [0.05, 0.1) is 11.1 Å². The van der Waals surface area contributed by atoms with Gasteiger partial charge in [-0.15, -0.1) is 0 Å². The van der Waals surface area contributed by atoms with E-state index in [1.165, 1.54) is 5.56 Å². The number of hydrogen-bond acceptors (Lipinski definition) is 2. The third kappa shape index (κ3) is 1.82. The van der Waals surface area contributed by atoms with Crippen molar-refractivity contribution in [3.63, 3.8) is 0 Å². The molecule has 0 atom stereocenters. The molecule has 0 aliphatic carbocycles. The zero-order valence-corrected chi connectivity index (χ0v) is 11.7. The van der Waals surface area contributed by atoms with Crippen molar-refractivity contribution in [3.05, 3.63) is 46.2 Å². The van der Waals surface area contributed by atoms with Crippen LogP contribution in [0, 0.1) is 13.8 Å². The fraction of sp³-hybridized carbons (Fsp3) is 0.143. The summed E-state index contributed by atoms with van der Waals surface area (Å²) in [5, 5.41) is 1.05. The number of nitrogens with zero attached hydrogens (tertiary/aromatic N) is 2. The highest BCUT2D eigenvalue weighted by molar-refractivity contribution is 9.10. The molecule has 18 heavy (non-hydrogen) atoms. The lowest BCUT2D eigenvalue weighted by Crippen LogP contribution is -1.93. The van der Waals surface area contributed by atoms with Crippen LogP contribution in [0.1, 0.15) is 11.3 Å². The van der Waals surface area contributed by atoms with Crippen molar-refractivity contribution in [1.29, 1.82) is 0 Å². The molecular weight excluding hydrogens is 290 g/mol. The molecule has 2 aromatic heterocycles. The van der Waals surface area contributed by atoms with Crippen LogP contribution in [0.5, 0.6) is 0 Å². The van der Waals surface area contributed by atoms with Crippen LogP contribution in [0.15, 0.2) is 34.9 Å². The first-order valence-corrected chi connectivity index (χ1v) is 6.53. The summed E-state index contributed by atoms with van der Waals surface area (Å²) >= 11 is 3.50. The molecular formula is C14H12BrN3. The summed E-state index contributed by atoms with van der Waals surface area (Å²) in [5.74, 6) is 0.759. The van der Waals surface area contributed by atoms with Gasteiger partial charge >= 0.3 is 0 Å². The van der Waals surface area contributed by atoms with Gasteiger partial charge in [-0.1, -0.05) is 29.8 Å². The van der Waals surface area contributed by atoms with E-state index in [9.17, 15) is 0 Å². The maximum Gasteiger partial charge on any atom is 0.161 e. The lowest BCUT2D eigenvalue weighted by molar-refractivity contribution is 1.15. The van der Waals surface area contributed by atoms with Gasteiger partial charge < -0.3 is 4.98 Å². The summed E-state index contributed by atoms with van der Waals surface area (Å²) in [5.41, 5.74) is 4.11. The fourth-order valence-electron chi connectivity index (χ4n) is 2.00. The lowest BCUT2D eigenvalue weighted by atomic mass is 10.1. The topological polar surface area (TPSA) is 41.6 Å². The first-order valence-electron chi connectivity index (χ1n) is 5.73. The molecule has 3 rings (SSSR count). The summed E-state index contributed by atoms with van der Waals surface area (Å²) < 4.78 is 1.01. The second-order valence-corrected chi connectivity index (χ2v) is 5.21. The third-order valence-electron chi connectivity index (χ3n) is 2.97. The number of hydrogen-bond donors (Lipinski definition) is 1. The summed E-state index contributed by atoms with van der Waals surface area (Å²) in [6.45, 7) is 4.07. The van der Waals surface area contributed by atoms with Crippen LogP contribution in [-0.4, -0.2) is 15.0 Å². The van der Waals surface area contributed by atoms with Crippen molar-refractivity contribution >= 4 is 27.0 Å². The molecule has 0 bridgehead atoms. The number of nitrogens with one attached hydrogen (secondary N) is 1. The molecule has 0 aliphatic rings. The Morgan fingerprint density at radius 3 is 2.50 bits per heavy atom. The Morgan fingerprint density at radius 2 is 1.78 bits per heavy atom. The van der Waals surface area contributed by atoms with Crippen molar-refractivity contribution in [2.75, 3.05) is 0 Å². The van der Waals surface area contributed by atoms with Gasteiger partial charge in [0.2, 0.25) is 0 Å². The Morgan fingerprint density at radius 1 is 1.06 bits per heavy atom. The lowest BCUT2D eigenvalue weighted by Gasteiger charge is -2.03. The third-order valence-corrected chi connectivity index (χ3v) is 3.60. The van der Waals surface area contributed by atoms with Gasteiger partial charge in [0.1, 0.15) is 5.65 Å². The van der Waals surface area contributed by atoms with E-state index in [2.05, 4.69) is 49.9 Å². The maximum atomic E-state index is 4.57. The number of fused-ring (bicyclic) bond motifs is 1. The standard InChI is InChI=1S/C14H12BrN3/c1-8-3-5-10(6-4-8)13-17-9(2)12-11(15)7-16-14(12)18-13/h3-7H,1-2H3,(H,16,17,18). The molecule has 0 amide bonds. The molecule has 3 aromatic rings. The molecule has 0 unspecified atom stereocenters. The number of rotatable bonds is 1. The van der Waals surface area contributed by atoms with E-state index in [1.807, 2.05) is 25.3 Å². The molecule has 0 saturated heterocycles. The first kappa shape index (κ1) is 11.4. The molecule has 0 saturated carbocycles. The van der Waals surface area contributed by atoms with Crippen molar-refractivity contribution in [1.82, 2.24) is 15.0 Å². The van der Waals surface area contributed by atoms with Crippen molar-refractivity contribution in [3.8, 4) is 11.4 Å². The van der Waals surface area contributed by atoms with Crippen LogP contribution >= 0.6 is 15.9 Å². The number of aromatic amines is 1. The molecule has 1 N–H and O–H groups in total. The van der Waals surface area contributed by atoms with Gasteiger partial charge in [-0.3, -0.25) is 0 Å². The van der Waals surface area contributed by atoms with Crippen LogP contribution in [0.3, 0.4) is 0 Å². The molecule has 0 spiro atoms. The Kier molecular flexibility index (Phi) is 2.67. The second-order valence-electron chi connectivity index (χ2n) is 4.36. The Labute approximate surface area is 113 Å². The largest absolute Gasteiger partial charge is 0.345 e. The van der Waals surface area contributed by atoms with E-state index in [0.717, 1.165) is 32.6 Å². The highest BCUT2D eigenvalue weighted by Crippen LogP contribution is 2.27. The summed E-state index contributed by atoms with van der Waals surface area (Å²) in [6, 6.07) is 8.24. The van der Waals surface area contributed by atoms with Crippen LogP contribution in [0.2, 0.25) is 0 Å². The molecule has 2 heterocycles. The van der Waals surface area contributed by atoms with Crippen LogP contribution in [-0.2, 0) is 0 Å². The quantitative estimate of drug-likeness (QED) is 0.738. The van der Waals surface area contributed by atoms with Gasteiger partial charge in [0, 0.05) is 16.2 Å². The van der Waals surface area contributed by atoms with Gasteiger partial charge in [0.25, 0.3) is 0 Å². The van der Waals surface area contributed by atoms with Crippen molar-refractivity contribution in [2.24, 2.45) is 0 Å². The van der Waals surface area contributed by atoms with Crippen molar-refractivity contribution in [2.45, 2.75) is 13.8 Å². The fourth-order valence-corrected chi connectivity index (χ4v) is 2.59. The number of aromatic nitrogens is 3. The summed E-state index contributed by atoms with van der Waals surface area (Å²) in [4.78, 5) is 12.3. The van der Waals surface area contributed by atoms with Gasteiger partial charge in [-0.05, 0) is 29.8 Å². The van der Waals surface area contributed by atoms with Gasteiger partial charge in [-0.2, -0.15) is 0 Å². The SMILES string of the molecule is Cc1ccc(-c2nc(C)c3c(Br)c[nH]c3n2)cc1. The number of halogens is 1. The number of aryl methyl sites for hydroxylation is 2. The average molecular weight is 302 g/mol. The van der Waals surface area contributed by atoms with Crippen LogP contribution in [0.4, 0.5) is 0 Å². The maximum absolute atomic E-state index is 4.57. The zero-order chi connectivity index (χ0) is 12.7. The van der Waals surface area contributed by atoms with E-state index >= 15 is 0 Å². The zero-order valence-electron chi connectivity index (χ0n) is 10.2. The molecule has 1 aromatic carbocycles. The van der Waals surface area contributed by atoms with Crippen molar-refractivity contribution < 1.29 is 0 Å². The Balaban J connectivity index is 2.21. The summed E-state index contributed by atoms with van der Waals surface area (Å²) in [7, 11) is 0. The minimum Gasteiger partial charge on any atom is -0.345 e. The smallest absolute Gasteiger partial charge is 0.161 e. The second kappa shape index (κ2) is 4.21. The predicted octanol–water partition coefficient (Wildman–Crippen LogP) is 4.00. The molecule has 4 heteroatoms. The Bertz CT molecular complexity index is 714. The molecule has 3 nitrogen and oxygen atoms in total. The van der Waals surface area contributed by atoms with E-state index < -0.39 is 0 Å². The van der Waals surface area contributed by atoms with Crippen LogP contribution < -0.4 is 0 Å². The number of H-pyrrole nitrogens is 1. The summed E-state index contributed by atoms with van der Waals surface area (Å²) in [6.07, 6.45) is 1.89.